The van der Waals surface area contributed by atoms with E-state index in [0.717, 1.165) is 20.6 Å². The third kappa shape index (κ3) is 4.83. The molecule has 0 bridgehead atoms. The SMILES string of the molecule is O=C(CSc1ccc(Cl)cc1)Nc1nc(-c2ccc(Br)cc2)cs1. The number of carbonyl (C=O) groups excluding carboxylic acids is 1. The minimum absolute atomic E-state index is 0.0772. The van der Waals surface area contributed by atoms with Crippen molar-refractivity contribution in [2.24, 2.45) is 0 Å². The fourth-order valence-corrected chi connectivity index (χ4v) is 3.74. The fourth-order valence-electron chi connectivity index (χ4n) is 1.92. The Kier molecular flexibility index (Phi) is 5.94. The van der Waals surface area contributed by atoms with Gasteiger partial charge in [0, 0.05) is 25.3 Å². The largest absolute Gasteiger partial charge is 0.301 e. The quantitative estimate of drug-likeness (QED) is 0.499. The summed E-state index contributed by atoms with van der Waals surface area (Å²) in [6.07, 6.45) is 0. The smallest absolute Gasteiger partial charge is 0.236 e. The highest BCUT2D eigenvalue weighted by molar-refractivity contribution is 9.10. The van der Waals surface area contributed by atoms with Crippen LogP contribution in [-0.2, 0) is 4.79 Å². The van der Waals surface area contributed by atoms with Crippen LogP contribution in [0.4, 0.5) is 5.13 Å². The highest BCUT2D eigenvalue weighted by Gasteiger charge is 2.09. The summed E-state index contributed by atoms with van der Waals surface area (Å²) in [4.78, 5) is 17.5. The number of halogens is 2. The van der Waals surface area contributed by atoms with Crippen LogP contribution in [-0.4, -0.2) is 16.6 Å². The highest BCUT2D eigenvalue weighted by Crippen LogP contribution is 2.26. The lowest BCUT2D eigenvalue weighted by atomic mass is 10.2. The number of nitrogens with one attached hydrogen (secondary N) is 1. The molecule has 1 aromatic heterocycles. The molecule has 0 spiro atoms. The molecule has 3 rings (SSSR count). The van der Waals surface area contributed by atoms with Gasteiger partial charge in [-0.3, -0.25) is 4.79 Å². The van der Waals surface area contributed by atoms with E-state index in [1.165, 1.54) is 23.1 Å². The second-order valence-electron chi connectivity index (χ2n) is 4.84. The number of carbonyl (C=O) groups is 1. The Labute approximate surface area is 161 Å². The average Bonchev–Trinajstić information content (AvgIpc) is 3.03. The molecule has 0 saturated carbocycles. The molecule has 0 aliphatic heterocycles. The number of anilines is 1. The molecule has 24 heavy (non-hydrogen) atoms. The summed E-state index contributed by atoms with van der Waals surface area (Å²) in [6, 6.07) is 15.3. The molecule has 0 radical (unpaired) electrons. The summed E-state index contributed by atoms with van der Waals surface area (Å²) >= 11 is 12.1. The average molecular weight is 440 g/mol. The maximum Gasteiger partial charge on any atom is 0.236 e. The molecule has 0 saturated heterocycles. The number of benzene rings is 2. The van der Waals surface area contributed by atoms with Gasteiger partial charge >= 0.3 is 0 Å². The van der Waals surface area contributed by atoms with Gasteiger partial charge in [-0.25, -0.2) is 4.98 Å². The van der Waals surface area contributed by atoms with E-state index in [0.29, 0.717) is 15.9 Å². The zero-order chi connectivity index (χ0) is 16.9. The molecule has 122 valence electrons. The minimum Gasteiger partial charge on any atom is -0.301 e. The molecular formula is C17H12BrClN2OS2. The van der Waals surface area contributed by atoms with Gasteiger partial charge in [-0.15, -0.1) is 23.1 Å². The topological polar surface area (TPSA) is 42.0 Å². The molecule has 7 heteroatoms. The molecule has 1 heterocycles. The van der Waals surface area contributed by atoms with Crippen molar-refractivity contribution in [2.75, 3.05) is 11.1 Å². The van der Waals surface area contributed by atoms with Crippen molar-refractivity contribution < 1.29 is 4.79 Å². The number of aromatic nitrogens is 1. The van der Waals surface area contributed by atoms with Crippen molar-refractivity contribution in [1.29, 1.82) is 0 Å². The fraction of sp³-hybridized carbons (Fsp3) is 0.0588. The molecule has 3 nitrogen and oxygen atoms in total. The van der Waals surface area contributed by atoms with E-state index >= 15 is 0 Å². The van der Waals surface area contributed by atoms with Crippen LogP contribution in [0.5, 0.6) is 0 Å². The van der Waals surface area contributed by atoms with Crippen LogP contribution in [0.15, 0.2) is 63.3 Å². The molecular weight excluding hydrogens is 428 g/mol. The summed E-state index contributed by atoms with van der Waals surface area (Å²) in [5.41, 5.74) is 1.87. The molecule has 2 aromatic carbocycles. The maximum atomic E-state index is 12.0. The first-order chi connectivity index (χ1) is 11.6. The Balaban J connectivity index is 1.57. The van der Waals surface area contributed by atoms with Crippen molar-refractivity contribution in [1.82, 2.24) is 4.98 Å². The Morgan fingerprint density at radius 2 is 1.88 bits per heavy atom. The lowest BCUT2D eigenvalue weighted by molar-refractivity contribution is -0.113. The predicted octanol–water partition coefficient (Wildman–Crippen LogP) is 5.96. The molecule has 1 amide bonds. The van der Waals surface area contributed by atoms with Crippen LogP contribution in [0.3, 0.4) is 0 Å². The van der Waals surface area contributed by atoms with Crippen molar-refractivity contribution in [3.05, 3.63) is 63.4 Å². The van der Waals surface area contributed by atoms with Gasteiger partial charge in [-0.05, 0) is 36.4 Å². The van der Waals surface area contributed by atoms with Crippen LogP contribution in [0.2, 0.25) is 5.02 Å². The lowest BCUT2D eigenvalue weighted by Gasteiger charge is -2.02. The van der Waals surface area contributed by atoms with E-state index < -0.39 is 0 Å². The first-order valence-electron chi connectivity index (χ1n) is 7.00. The van der Waals surface area contributed by atoms with E-state index in [1.54, 1.807) is 0 Å². The maximum absolute atomic E-state index is 12.0. The summed E-state index contributed by atoms with van der Waals surface area (Å²) in [6.45, 7) is 0. The van der Waals surface area contributed by atoms with Gasteiger partial charge in [0.1, 0.15) is 0 Å². The number of amides is 1. The van der Waals surface area contributed by atoms with Crippen molar-refractivity contribution in [3.63, 3.8) is 0 Å². The Morgan fingerprint density at radius 3 is 2.58 bits per heavy atom. The van der Waals surface area contributed by atoms with Gasteiger partial charge in [-0.1, -0.05) is 39.7 Å². The van der Waals surface area contributed by atoms with E-state index in [9.17, 15) is 4.79 Å². The molecule has 0 atom stereocenters. The minimum atomic E-state index is -0.0772. The lowest BCUT2D eigenvalue weighted by Crippen LogP contribution is -2.13. The Morgan fingerprint density at radius 1 is 1.17 bits per heavy atom. The number of rotatable bonds is 5. The molecule has 0 unspecified atom stereocenters. The summed E-state index contributed by atoms with van der Waals surface area (Å²) < 4.78 is 1.02. The number of thiazole rings is 1. The van der Waals surface area contributed by atoms with Crippen LogP contribution in [0.25, 0.3) is 11.3 Å². The van der Waals surface area contributed by atoms with E-state index in [4.69, 9.17) is 11.6 Å². The molecule has 0 aliphatic rings. The third-order valence-corrected chi connectivity index (χ3v) is 5.62. The monoisotopic (exact) mass is 438 g/mol. The summed E-state index contributed by atoms with van der Waals surface area (Å²) in [7, 11) is 0. The summed E-state index contributed by atoms with van der Waals surface area (Å²) in [5, 5.41) is 6.07. The Hall–Kier alpha value is -1.34. The first kappa shape index (κ1) is 17.5. The van der Waals surface area contributed by atoms with Gasteiger partial charge in [0.25, 0.3) is 0 Å². The van der Waals surface area contributed by atoms with Crippen molar-refractivity contribution in [2.45, 2.75) is 4.90 Å². The van der Waals surface area contributed by atoms with Gasteiger partial charge < -0.3 is 5.32 Å². The highest BCUT2D eigenvalue weighted by atomic mass is 79.9. The first-order valence-corrected chi connectivity index (χ1v) is 10.0. The van der Waals surface area contributed by atoms with Gasteiger partial charge in [0.15, 0.2) is 5.13 Å². The molecule has 0 aliphatic carbocycles. The Bertz CT molecular complexity index is 835. The predicted molar refractivity (Wildman–Crippen MR) is 106 cm³/mol. The van der Waals surface area contributed by atoms with Crippen LogP contribution < -0.4 is 5.32 Å². The van der Waals surface area contributed by atoms with Crippen LogP contribution in [0.1, 0.15) is 0 Å². The zero-order valence-corrected chi connectivity index (χ0v) is 16.3. The number of hydrogen-bond acceptors (Lipinski definition) is 4. The van der Waals surface area contributed by atoms with Gasteiger partial charge in [0.05, 0.1) is 11.4 Å². The summed E-state index contributed by atoms with van der Waals surface area (Å²) in [5.74, 6) is 0.251. The van der Waals surface area contributed by atoms with Crippen molar-refractivity contribution in [3.8, 4) is 11.3 Å². The molecule has 3 aromatic rings. The second-order valence-corrected chi connectivity index (χ2v) is 8.09. The van der Waals surface area contributed by atoms with E-state index in [1.807, 2.05) is 53.9 Å². The molecule has 1 N–H and O–H groups in total. The second kappa shape index (κ2) is 8.16. The van der Waals surface area contributed by atoms with E-state index in [-0.39, 0.29) is 5.91 Å². The van der Waals surface area contributed by atoms with Gasteiger partial charge in [-0.2, -0.15) is 0 Å². The zero-order valence-electron chi connectivity index (χ0n) is 12.3. The number of thioether (sulfide) groups is 1. The van der Waals surface area contributed by atoms with Gasteiger partial charge in [0.2, 0.25) is 5.91 Å². The van der Waals surface area contributed by atoms with E-state index in [2.05, 4.69) is 26.2 Å². The number of hydrogen-bond donors (Lipinski definition) is 1. The normalized spacial score (nSPS) is 10.6. The van der Waals surface area contributed by atoms with Crippen molar-refractivity contribution >= 4 is 61.7 Å². The standard InChI is InChI=1S/C17H12BrClN2OS2/c18-12-3-1-11(2-4-12)15-9-24-17(20-15)21-16(22)10-23-14-7-5-13(19)6-8-14/h1-9H,10H2,(H,20,21,22). The van der Waals surface area contributed by atoms with Crippen LogP contribution in [0, 0.1) is 0 Å². The number of nitrogens with zero attached hydrogens (tertiary/aromatic N) is 1. The van der Waals surface area contributed by atoms with Crippen LogP contribution >= 0.6 is 50.6 Å². The molecule has 0 fully saturated rings. The third-order valence-electron chi connectivity index (χ3n) is 3.07.